The first-order valence-corrected chi connectivity index (χ1v) is 7.36. The monoisotopic (exact) mass is 288 g/mol. The maximum Gasteiger partial charge on any atom is 0.0830 e. The molecule has 0 saturated heterocycles. The van der Waals surface area contributed by atoms with Gasteiger partial charge in [0.1, 0.15) is 0 Å². The zero-order valence-corrected chi connectivity index (χ0v) is 12.8. The molecular weight excluding hydrogens is 264 g/mol. The molecule has 1 aromatic heterocycles. The van der Waals surface area contributed by atoms with Crippen LogP contribution in [0.2, 0.25) is 0 Å². The Morgan fingerprint density at radius 2 is 2.05 bits per heavy atom. The molecule has 2 rings (SSSR count). The van der Waals surface area contributed by atoms with Crippen molar-refractivity contribution in [3.63, 3.8) is 0 Å². The van der Waals surface area contributed by atoms with E-state index in [0.29, 0.717) is 5.92 Å². The molecule has 1 heterocycles. The van der Waals surface area contributed by atoms with E-state index in [4.69, 9.17) is 4.74 Å². The molecule has 0 saturated carbocycles. The fourth-order valence-electron chi connectivity index (χ4n) is 2.43. The Labute approximate surface area is 126 Å². The lowest BCUT2D eigenvalue weighted by Crippen LogP contribution is -2.28. The van der Waals surface area contributed by atoms with E-state index in [1.807, 2.05) is 13.2 Å². The molecule has 0 radical (unpaired) electrons. The standard InChI is InChI=1S/C16H24N4O/c1-20-13-16(18-19-20)11-15(12-17-8-9-21-2)10-14-6-4-3-5-7-14/h3-7,13,15,17H,8-12H2,1-2H3. The summed E-state index contributed by atoms with van der Waals surface area (Å²) in [5.41, 5.74) is 2.41. The largest absolute Gasteiger partial charge is 0.383 e. The first-order chi connectivity index (χ1) is 10.3. The molecule has 1 atom stereocenters. The highest BCUT2D eigenvalue weighted by atomic mass is 16.5. The summed E-state index contributed by atoms with van der Waals surface area (Å²) in [5, 5.41) is 11.7. The minimum Gasteiger partial charge on any atom is -0.383 e. The maximum atomic E-state index is 5.08. The van der Waals surface area contributed by atoms with Crippen LogP contribution in [0.5, 0.6) is 0 Å². The highest BCUT2D eigenvalue weighted by Crippen LogP contribution is 2.13. The van der Waals surface area contributed by atoms with E-state index in [-0.39, 0.29) is 0 Å². The number of aromatic nitrogens is 3. The van der Waals surface area contributed by atoms with Gasteiger partial charge in [-0.05, 0) is 30.9 Å². The number of hydrogen-bond donors (Lipinski definition) is 1. The third-order valence-electron chi connectivity index (χ3n) is 3.43. The first kappa shape index (κ1) is 15.7. The predicted octanol–water partition coefficient (Wildman–Crippen LogP) is 1.45. The third kappa shape index (κ3) is 5.65. The van der Waals surface area contributed by atoms with Crippen molar-refractivity contribution < 1.29 is 4.74 Å². The van der Waals surface area contributed by atoms with Crippen molar-refractivity contribution in [2.24, 2.45) is 13.0 Å². The van der Waals surface area contributed by atoms with E-state index in [0.717, 1.165) is 38.2 Å². The van der Waals surface area contributed by atoms with Crippen LogP contribution in [0.25, 0.3) is 0 Å². The normalized spacial score (nSPS) is 12.5. The fourth-order valence-corrected chi connectivity index (χ4v) is 2.43. The van der Waals surface area contributed by atoms with Crippen LogP contribution in [0.3, 0.4) is 0 Å². The van der Waals surface area contributed by atoms with Gasteiger partial charge in [0.15, 0.2) is 0 Å². The summed E-state index contributed by atoms with van der Waals surface area (Å²) >= 11 is 0. The number of ether oxygens (including phenoxy) is 1. The van der Waals surface area contributed by atoms with Crippen LogP contribution >= 0.6 is 0 Å². The summed E-state index contributed by atoms with van der Waals surface area (Å²) in [6, 6.07) is 10.6. The minimum atomic E-state index is 0.501. The maximum absolute atomic E-state index is 5.08. The molecule has 5 nitrogen and oxygen atoms in total. The molecule has 0 fully saturated rings. The highest BCUT2D eigenvalue weighted by Gasteiger charge is 2.12. The second kappa shape index (κ2) is 8.54. The Morgan fingerprint density at radius 3 is 2.71 bits per heavy atom. The highest BCUT2D eigenvalue weighted by molar-refractivity contribution is 5.15. The van der Waals surface area contributed by atoms with E-state index in [2.05, 4.69) is 46.0 Å². The van der Waals surface area contributed by atoms with Crippen LogP contribution in [0.4, 0.5) is 0 Å². The van der Waals surface area contributed by atoms with Gasteiger partial charge in [-0.1, -0.05) is 35.5 Å². The van der Waals surface area contributed by atoms with Crippen LogP contribution in [0.1, 0.15) is 11.3 Å². The molecular formula is C16H24N4O. The molecule has 0 aliphatic rings. The number of methoxy groups -OCH3 is 1. The van der Waals surface area contributed by atoms with E-state index < -0.39 is 0 Å². The zero-order valence-electron chi connectivity index (χ0n) is 12.8. The second-order valence-electron chi connectivity index (χ2n) is 5.34. The van der Waals surface area contributed by atoms with Gasteiger partial charge < -0.3 is 10.1 Å². The van der Waals surface area contributed by atoms with Gasteiger partial charge in [0.25, 0.3) is 0 Å². The van der Waals surface area contributed by atoms with Crippen LogP contribution in [-0.4, -0.2) is 41.8 Å². The fraction of sp³-hybridized carbons (Fsp3) is 0.500. The van der Waals surface area contributed by atoms with Crippen molar-refractivity contribution in [1.82, 2.24) is 20.3 Å². The Balaban J connectivity index is 1.92. The summed E-state index contributed by atoms with van der Waals surface area (Å²) in [6.45, 7) is 2.57. The van der Waals surface area contributed by atoms with Crippen LogP contribution in [0, 0.1) is 5.92 Å². The number of rotatable bonds is 9. The molecule has 0 spiro atoms. The summed E-state index contributed by atoms with van der Waals surface area (Å²) in [4.78, 5) is 0. The SMILES string of the molecule is COCCNCC(Cc1ccccc1)Cc1cn(C)nn1. The lowest BCUT2D eigenvalue weighted by atomic mass is 9.95. The van der Waals surface area contributed by atoms with Gasteiger partial charge in [-0.3, -0.25) is 4.68 Å². The van der Waals surface area contributed by atoms with E-state index >= 15 is 0 Å². The molecule has 1 unspecified atom stereocenters. The number of hydrogen-bond acceptors (Lipinski definition) is 4. The van der Waals surface area contributed by atoms with Crippen molar-refractivity contribution in [3.05, 3.63) is 47.8 Å². The van der Waals surface area contributed by atoms with Gasteiger partial charge in [0, 0.05) is 26.9 Å². The van der Waals surface area contributed by atoms with Crippen molar-refractivity contribution in [1.29, 1.82) is 0 Å². The molecule has 2 aromatic rings. The predicted molar refractivity (Wildman–Crippen MR) is 83.1 cm³/mol. The van der Waals surface area contributed by atoms with Gasteiger partial charge in [0.05, 0.1) is 12.3 Å². The number of nitrogens with zero attached hydrogens (tertiary/aromatic N) is 3. The molecule has 0 amide bonds. The van der Waals surface area contributed by atoms with Gasteiger partial charge in [0.2, 0.25) is 0 Å². The Bertz CT molecular complexity index is 512. The van der Waals surface area contributed by atoms with Gasteiger partial charge in [-0.15, -0.1) is 5.10 Å². The molecule has 1 N–H and O–H groups in total. The van der Waals surface area contributed by atoms with Crippen molar-refractivity contribution >= 4 is 0 Å². The Hall–Kier alpha value is -1.72. The van der Waals surface area contributed by atoms with Crippen LogP contribution < -0.4 is 5.32 Å². The van der Waals surface area contributed by atoms with Gasteiger partial charge >= 0.3 is 0 Å². The van der Waals surface area contributed by atoms with Crippen LogP contribution in [0.15, 0.2) is 36.5 Å². The van der Waals surface area contributed by atoms with E-state index in [1.165, 1.54) is 5.56 Å². The molecule has 0 aliphatic heterocycles. The number of benzene rings is 1. The Morgan fingerprint density at radius 1 is 1.24 bits per heavy atom. The zero-order chi connectivity index (χ0) is 14.9. The van der Waals surface area contributed by atoms with Crippen molar-refractivity contribution in [2.75, 3.05) is 26.8 Å². The average molecular weight is 288 g/mol. The topological polar surface area (TPSA) is 52.0 Å². The third-order valence-corrected chi connectivity index (χ3v) is 3.43. The van der Waals surface area contributed by atoms with Crippen molar-refractivity contribution in [2.45, 2.75) is 12.8 Å². The molecule has 1 aromatic carbocycles. The lowest BCUT2D eigenvalue weighted by Gasteiger charge is -2.16. The molecule has 0 bridgehead atoms. The Kier molecular flexibility index (Phi) is 6.37. The molecule has 5 heteroatoms. The van der Waals surface area contributed by atoms with Gasteiger partial charge in [-0.25, -0.2) is 0 Å². The van der Waals surface area contributed by atoms with E-state index in [1.54, 1.807) is 11.8 Å². The number of aryl methyl sites for hydroxylation is 1. The quantitative estimate of drug-likeness (QED) is 0.710. The second-order valence-corrected chi connectivity index (χ2v) is 5.34. The first-order valence-electron chi connectivity index (χ1n) is 7.36. The summed E-state index contributed by atoms with van der Waals surface area (Å²) < 4.78 is 6.83. The summed E-state index contributed by atoms with van der Waals surface area (Å²) in [6.07, 6.45) is 3.97. The molecule has 114 valence electrons. The number of nitrogens with one attached hydrogen (secondary N) is 1. The van der Waals surface area contributed by atoms with E-state index in [9.17, 15) is 0 Å². The molecule has 21 heavy (non-hydrogen) atoms. The van der Waals surface area contributed by atoms with Crippen molar-refractivity contribution in [3.8, 4) is 0 Å². The lowest BCUT2D eigenvalue weighted by molar-refractivity contribution is 0.197. The minimum absolute atomic E-state index is 0.501. The molecule has 0 aliphatic carbocycles. The summed E-state index contributed by atoms with van der Waals surface area (Å²) in [7, 11) is 3.63. The smallest absolute Gasteiger partial charge is 0.0830 e. The van der Waals surface area contributed by atoms with Crippen LogP contribution in [-0.2, 0) is 24.6 Å². The summed E-state index contributed by atoms with van der Waals surface area (Å²) in [5.74, 6) is 0.501. The average Bonchev–Trinajstić information content (AvgIpc) is 2.90. The van der Waals surface area contributed by atoms with Gasteiger partial charge in [-0.2, -0.15) is 0 Å².